The van der Waals surface area contributed by atoms with Crippen molar-refractivity contribution < 1.29 is 14.4 Å². The van der Waals surface area contributed by atoms with Gasteiger partial charge in [0.1, 0.15) is 0 Å². The van der Waals surface area contributed by atoms with Gasteiger partial charge in [0.15, 0.2) is 0 Å². The normalized spacial score (nSPS) is 13.6. The van der Waals surface area contributed by atoms with Crippen LogP contribution >= 0.6 is 11.6 Å². The van der Waals surface area contributed by atoms with Gasteiger partial charge >= 0.3 is 0 Å². The molecular weight excluding hydrogens is 432 g/mol. The predicted molar refractivity (Wildman–Crippen MR) is 121 cm³/mol. The van der Waals surface area contributed by atoms with Gasteiger partial charge in [-0.15, -0.1) is 0 Å². The lowest BCUT2D eigenvalue weighted by Gasteiger charge is -2.27. The Morgan fingerprint density at radius 1 is 0.969 bits per heavy atom. The van der Waals surface area contributed by atoms with E-state index in [-0.39, 0.29) is 42.7 Å². The SMILES string of the molecule is O=C1CCC(=O)N(c2ccc(C(=O)Nc3ccc(=O)n(Cc4ccccc4Cl)c3)cc2)N1. The van der Waals surface area contributed by atoms with Gasteiger partial charge in [0.2, 0.25) is 11.8 Å². The van der Waals surface area contributed by atoms with Crippen molar-refractivity contribution in [1.82, 2.24) is 9.99 Å². The third kappa shape index (κ3) is 4.70. The fraction of sp³-hybridized carbons (Fsp3) is 0.130. The second-order valence-corrected chi connectivity index (χ2v) is 7.65. The number of hydrogen-bond acceptors (Lipinski definition) is 4. The lowest BCUT2D eigenvalue weighted by Crippen LogP contribution is -2.50. The van der Waals surface area contributed by atoms with Crippen LogP contribution in [0.25, 0.3) is 0 Å². The molecule has 0 saturated carbocycles. The summed E-state index contributed by atoms with van der Waals surface area (Å²) in [6, 6.07) is 16.4. The number of nitrogens with zero attached hydrogens (tertiary/aromatic N) is 2. The average Bonchev–Trinajstić information content (AvgIpc) is 2.79. The average molecular weight is 451 g/mol. The van der Waals surface area contributed by atoms with E-state index in [1.54, 1.807) is 36.5 Å². The minimum absolute atomic E-state index is 0.137. The van der Waals surface area contributed by atoms with Crippen molar-refractivity contribution in [2.75, 3.05) is 10.3 Å². The summed E-state index contributed by atoms with van der Waals surface area (Å²) >= 11 is 6.18. The molecule has 0 atom stereocenters. The summed E-state index contributed by atoms with van der Waals surface area (Å²) in [5, 5.41) is 4.49. The van der Waals surface area contributed by atoms with E-state index < -0.39 is 0 Å². The Morgan fingerprint density at radius 3 is 2.47 bits per heavy atom. The Balaban J connectivity index is 1.48. The molecule has 0 spiro atoms. The highest BCUT2D eigenvalue weighted by Gasteiger charge is 2.24. The first-order valence-corrected chi connectivity index (χ1v) is 10.3. The molecule has 0 bridgehead atoms. The van der Waals surface area contributed by atoms with Gasteiger partial charge in [-0.05, 0) is 42.0 Å². The highest BCUT2D eigenvalue weighted by atomic mass is 35.5. The van der Waals surface area contributed by atoms with Crippen LogP contribution in [0.2, 0.25) is 5.02 Å². The van der Waals surface area contributed by atoms with Crippen molar-refractivity contribution in [3.8, 4) is 0 Å². The summed E-state index contributed by atoms with van der Waals surface area (Å²) in [6.07, 6.45) is 1.85. The number of aromatic nitrogens is 1. The lowest BCUT2D eigenvalue weighted by atomic mass is 10.1. The molecule has 0 aliphatic carbocycles. The second-order valence-electron chi connectivity index (χ2n) is 7.24. The van der Waals surface area contributed by atoms with Crippen LogP contribution in [0.4, 0.5) is 11.4 Å². The van der Waals surface area contributed by atoms with Gasteiger partial charge in [-0.1, -0.05) is 29.8 Å². The molecule has 0 radical (unpaired) electrons. The van der Waals surface area contributed by atoms with Gasteiger partial charge in [0.05, 0.1) is 17.9 Å². The minimum atomic E-state index is -0.381. The van der Waals surface area contributed by atoms with Crippen LogP contribution in [0.1, 0.15) is 28.8 Å². The summed E-state index contributed by atoms with van der Waals surface area (Å²) in [5.74, 6) is -0.839. The zero-order valence-corrected chi connectivity index (χ0v) is 17.6. The van der Waals surface area contributed by atoms with E-state index >= 15 is 0 Å². The summed E-state index contributed by atoms with van der Waals surface area (Å²) < 4.78 is 1.46. The maximum absolute atomic E-state index is 12.7. The van der Waals surface area contributed by atoms with Crippen molar-refractivity contribution in [3.05, 3.63) is 93.4 Å². The van der Waals surface area contributed by atoms with E-state index in [1.807, 2.05) is 18.2 Å². The molecule has 4 rings (SSSR count). The molecule has 1 aliphatic rings. The molecule has 2 N–H and O–H groups in total. The zero-order valence-electron chi connectivity index (χ0n) is 16.9. The molecule has 32 heavy (non-hydrogen) atoms. The van der Waals surface area contributed by atoms with E-state index in [2.05, 4.69) is 10.7 Å². The molecule has 1 aliphatic heterocycles. The number of carbonyl (C=O) groups excluding carboxylic acids is 3. The first kappa shape index (κ1) is 21.3. The minimum Gasteiger partial charge on any atom is -0.321 e. The highest BCUT2D eigenvalue weighted by molar-refractivity contribution is 6.31. The lowest BCUT2D eigenvalue weighted by molar-refractivity contribution is -0.130. The maximum atomic E-state index is 12.7. The zero-order chi connectivity index (χ0) is 22.7. The Morgan fingerprint density at radius 2 is 1.72 bits per heavy atom. The first-order valence-electron chi connectivity index (χ1n) is 9.88. The van der Waals surface area contributed by atoms with Crippen molar-refractivity contribution in [1.29, 1.82) is 0 Å². The number of carbonyl (C=O) groups is 3. The third-order valence-electron chi connectivity index (χ3n) is 4.98. The van der Waals surface area contributed by atoms with Gasteiger partial charge in [-0.3, -0.25) is 24.6 Å². The first-order chi connectivity index (χ1) is 15.4. The molecule has 2 aromatic carbocycles. The van der Waals surface area contributed by atoms with Crippen molar-refractivity contribution >= 4 is 40.7 Å². The summed E-state index contributed by atoms with van der Waals surface area (Å²) in [4.78, 5) is 48.4. The van der Waals surface area contributed by atoms with Gasteiger partial charge < -0.3 is 9.88 Å². The molecule has 1 saturated heterocycles. The monoisotopic (exact) mass is 450 g/mol. The number of hydrogen-bond donors (Lipinski definition) is 2. The number of benzene rings is 2. The molecule has 3 aromatic rings. The van der Waals surface area contributed by atoms with Crippen LogP contribution in [0, 0.1) is 0 Å². The van der Waals surface area contributed by atoms with Crippen LogP contribution in [0.5, 0.6) is 0 Å². The Hall–Kier alpha value is -3.91. The number of nitrogens with one attached hydrogen (secondary N) is 2. The van der Waals surface area contributed by atoms with Crippen LogP contribution in [0.15, 0.2) is 71.7 Å². The molecular formula is C23H19ClN4O4. The van der Waals surface area contributed by atoms with Gasteiger partial charge in [-0.25, -0.2) is 5.01 Å². The molecule has 3 amide bonds. The third-order valence-corrected chi connectivity index (χ3v) is 5.35. The fourth-order valence-corrected chi connectivity index (χ4v) is 3.48. The van der Waals surface area contributed by atoms with E-state index in [4.69, 9.17) is 11.6 Å². The van der Waals surface area contributed by atoms with Crippen LogP contribution in [-0.4, -0.2) is 22.3 Å². The Bertz CT molecular complexity index is 1250. The highest BCUT2D eigenvalue weighted by Crippen LogP contribution is 2.19. The molecule has 2 heterocycles. The molecule has 162 valence electrons. The number of pyridine rings is 1. The smallest absolute Gasteiger partial charge is 0.255 e. The topological polar surface area (TPSA) is 101 Å². The molecule has 1 fully saturated rings. The summed E-state index contributed by atoms with van der Waals surface area (Å²) in [7, 11) is 0. The van der Waals surface area contributed by atoms with Gasteiger partial charge in [0.25, 0.3) is 11.5 Å². The maximum Gasteiger partial charge on any atom is 0.255 e. The predicted octanol–water partition coefficient (Wildman–Crippen LogP) is 2.96. The Kier molecular flexibility index (Phi) is 6.04. The quantitative estimate of drug-likeness (QED) is 0.624. The summed E-state index contributed by atoms with van der Waals surface area (Å²) in [5.41, 5.74) is 4.34. The van der Waals surface area contributed by atoms with Gasteiger partial charge in [0, 0.05) is 35.7 Å². The second kappa shape index (κ2) is 9.07. The summed E-state index contributed by atoms with van der Waals surface area (Å²) in [6.45, 7) is 0.270. The van der Waals surface area contributed by atoms with Crippen molar-refractivity contribution in [2.24, 2.45) is 0 Å². The van der Waals surface area contributed by atoms with E-state index in [0.717, 1.165) is 5.56 Å². The molecule has 8 nitrogen and oxygen atoms in total. The largest absolute Gasteiger partial charge is 0.321 e. The van der Waals surface area contributed by atoms with E-state index in [9.17, 15) is 19.2 Å². The van der Waals surface area contributed by atoms with Crippen LogP contribution in [0.3, 0.4) is 0 Å². The molecule has 1 aromatic heterocycles. The standard InChI is InChI=1S/C23H19ClN4O4/c24-19-4-2-1-3-16(19)13-27-14-17(7-11-21(27)30)25-23(32)15-5-8-18(9-6-15)28-22(31)12-10-20(29)26-28/h1-9,11,14H,10,12-13H2,(H,25,32)(H,26,29). The number of hydrazine groups is 1. The fourth-order valence-electron chi connectivity index (χ4n) is 3.29. The number of amides is 3. The Labute approximate surface area is 188 Å². The number of anilines is 2. The number of halogens is 1. The van der Waals surface area contributed by atoms with Crippen molar-refractivity contribution in [2.45, 2.75) is 19.4 Å². The van der Waals surface area contributed by atoms with Crippen LogP contribution in [-0.2, 0) is 16.1 Å². The number of rotatable bonds is 5. The van der Waals surface area contributed by atoms with Crippen molar-refractivity contribution in [3.63, 3.8) is 0 Å². The molecule has 9 heteroatoms. The van der Waals surface area contributed by atoms with E-state index in [0.29, 0.717) is 22.0 Å². The van der Waals surface area contributed by atoms with Gasteiger partial charge in [-0.2, -0.15) is 0 Å². The van der Waals surface area contributed by atoms with E-state index in [1.165, 1.54) is 21.7 Å². The van der Waals surface area contributed by atoms with Crippen LogP contribution < -0.4 is 21.3 Å². The molecule has 0 unspecified atom stereocenters.